The van der Waals surface area contributed by atoms with Gasteiger partial charge in [-0.25, -0.2) is 4.79 Å². The van der Waals surface area contributed by atoms with Gasteiger partial charge >= 0.3 is 5.97 Å². The monoisotopic (exact) mass is 820 g/mol. The van der Waals surface area contributed by atoms with Crippen molar-refractivity contribution in [1.82, 2.24) is 0 Å². The lowest BCUT2D eigenvalue weighted by Gasteiger charge is -2.50. The lowest BCUT2D eigenvalue weighted by molar-refractivity contribution is -0.153. The van der Waals surface area contributed by atoms with Crippen LogP contribution in [0.3, 0.4) is 0 Å². The molecule has 0 amide bonds. The Labute approximate surface area is 337 Å². The molecule has 314 valence electrons. The number of ether oxygens (including phenoxy) is 5. The van der Waals surface area contributed by atoms with Gasteiger partial charge in [0.15, 0.2) is 36.8 Å². The summed E-state index contributed by atoms with van der Waals surface area (Å²) >= 11 is 0. The fourth-order valence-corrected chi connectivity index (χ4v) is 10.2. The van der Waals surface area contributed by atoms with Crippen LogP contribution in [0.2, 0.25) is 54.4 Å². The standard InChI is InChI=1S/C43H76O9Si3/c1-39(2,3)53(14,15)50-35(36-30-47-42(10,11)49-36)28-37(51-54(16,17)40(4,5)6)43(12,52-55(18,19)41(7,8)9)27-26-34-33(24-25-38(44)48-34)46-29-31-20-22-32(45-13)23-21-31/h20-27,33-37H,28-30H2,1-19H3/b27-26+/t33-,34-,35+,36+,37+,43+/m0/s1. The summed E-state index contributed by atoms with van der Waals surface area (Å²) in [6, 6.07) is 7.75. The molecule has 2 aliphatic rings. The highest BCUT2D eigenvalue weighted by atomic mass is 28.4. The third-order valence-electron chi connectivity index (χ3n) is 12.5. The number of esters is 1. The van der Waals surface area contributed by atoms with Gasteiger partial charge in [-0.3, -0.25) is 0 Å². The van der Waals surface area contributed by atoms with Crippen LogP contribution in [-0.2, 0) is 43.6 Å². The maximum atomic E-state index is 12.7. The predicted molar refractivity (Wildman–Crippen MR) is 230 cm³/mol. The number of methoxy groups -OCH3 is 1. The molecule has 3 rings (SSSR count). The fraction of sp³-hybridized carbons (Fsp3) is 0.744. The smallest absolute Gasteiger partial charge is 0.331 e. The average molecular weight is 821 g/mol. The van der Waals surface area contributed by atoms with Gasteiger partial charge in [-0.2, -0.15) is 0 Å². The van der Waals surface area contributed by atoms with Crippen LogP contribution in [0, 0.1) is 0 Å². The molecule has 0 bridgehead atoms. The first-order valence-electron chi connectivity index (χ1n) is 20.0. The Morgan fingerprint density at radius 1 is 0.836 bits per heavy atom. The highest BCUT2D eigenvalue weighted by molar-refractivity contribution is 6.75. The van der Waals surface area contributed by atoms with E-state index < -0.39 is 60.6 Å². The van der Waals surface area contributed by atoms with Crippen LogP contribution < -0.4 is 4.74 Å². The van der Waals surface area contributed by atoms with Gasteiger partial charge in [-0.1, -0.05) is 80.5 Å². The largest absolute Gasteiger partial charge is 0.497 e. The molecule has 12 heteroatoms. The molecule has 2 heterocycles. The van der Waals surface area contributed by atoms with Gasteiger partial charge in [-0.05, 0) is 105 Å². The van der Waals surface area contributed by atoms with Crippen molar-refractivity contribution in [3.63, 3.8) is 0 Å². The molecule has 55 heavy (non-hydrogen) atoms. The molecule has 1 aromatic rings. The second kappa shape index (κ2) is 17.3. The molecular formula is C43H76O9Si3. The van der Waals surface area contributed by atoms with E-state index in [4.69, 9.17) is 37.0 Å². The summed E-state index contributed by atoms with van der Waals surface area (Å²) < 4.78 is 52.8. The molecule has 1 saturated heterocycles. The number of carbonyl (C=O) groups is 1. The van der Waals surface area contributed by atoms with Gasteiger partial charge in [0.2, 0.25) is 0 Å². The minimum Gasteiger partial charge on any atom is -0.497 e. The van der Waals surface area contributed by atoms with Gasteiger partial charge in [0.25, 0.3) is 0 Å². The molecular weight excluding hydrogens is 745 g/mol. The van der Waals surface area contributed by atoms with Crippen molar-refractivity contribution in [2.45, 2.75) is 192 Å². The Kier molecular flexibility index (Phi) is 15.0. The van der Waals surface area contributed by atoms with E-state index in [1.807, 2.05) is 44.2 Å². The maximum Gasteiger partial charge on any atom is 0.331 e. The molecule has 0 aromatic heterocycles. The SMILES string of the molecule is COc1ccc(CO[C@H]2C=CC(=O)O[C@H]2/C=C/[C@@](C)(O[Si](C)(C)C(C)(C)C)[C@@H](C[C@@H](O[Si](C)(C)C(C)(C)C)[C@H]2COC(C)(C)O2)O[Si](C)(C)C(C)(C)C)cc1. The van der Waals surface area contributed by atoms with Crippen molar-refractivity contribution < 1.29 is 41.8 Å². The second-order valence-electron chi connectivity index (χ2n) is 20.7. The first-order valence-corrected chi connectivity index (χ1v) is 28.7. The Morgan fingerprint density at radius 3 is 1.87 bits per heavy atom. The summed E-state index contributed by atoms with van der Waals surface area (Å²) in [7, 11) is -5.54. The van der Waals surface area contributed by atoms with E-state index in [1.54, 1.807) is 13.2 Å². The van der Waals surface area contributed by atoms with Crippen molar-refractivity contribution in [3.05, 3.63) is 54.1 Å². The zero-order chi connectivity index (χ0) is 42.1. The second-order valence-corrected chi connectivity index (χ2v) is 34.9. The molecule has 1 fully saturated rings. The van der Waals surface area contributed by atoms with E-state index in [0.29, 0.717) is 19.6 Å². The van der Waals surface area contributed by atoms with Crippen LogP contribution in [0.25, 0.3) is 0 Å². The zero-order valence-electron chi connectivity index (χ0n) is 37.8. The van der Waals surface area contributed by atoms with Crippen LogP contribution in [0.15, 0.2) is 48.6 Å². The van der Waals surface area contributed by atoms with Crippen LogP contribution in [0.5, 0.6) is 5.75 Å². The van der Waals surface area contributed by atoms with E-state index >= 15 is 0 Å². The Balaban J connectivity index is 2.17. The topological polar surface area (TPSA) is 90.9 Å². The molecule has 0 saturated carbocycles. The number of hydrogen-bond acceptors (Lipinski definition) is 9. The molecule has 2 aliphatic heterocycles. The molecule has 0 unspecified atom stereocenters. The van der Waals surface area contributed by atoms with E-state index in [-0.39, 0.29) is 27.3 Å². The van der Waals surface area contributed by atoms with Crippen LogP contribution in [0.4, 0.5) is 0 Å². The lowest BCUT2D eigenvalue weighted by Crippen LogP contribution is -2.59. The maximum absolute atomic E-state index is 12.7. The minimum atomic E-state index is -2.46. The van der Waals surface area contributed by atoms with Gasteiger partial charge < -0.3 is 37.0 Å². The van der Waals surface area contributed by atoms with E-state index in [2.05, 4.69) is 115 Å². The van der Waals surface area contributed by atoms with Crippen molar-refractivity contribution in [2.24, 2.45) is 0 Å². The third kappa shape index (κ3) is 12.7. The summed E-state index contributed by atoms with van der Waals surface area (Å²) in [6.45, 7) is 40.8. The van der Waals surface area contributed by atoms with Gasteiger partial charge in [0.1, 0.15) is 18.0 Å². The lowest BCUT2D eigenvalue weighted by atomic mass is 9.91. The molecule has 9 nitrogen and oxygen atoms in total. The highest BCUT2D eigenvalue weighted by Crippen LogP contribution is 2.46. The Bertz CT molecular complexity index is 1480. The first kappa shape index (κ1) is 47.8. The summed E-state index contributed by atoms with van der Waals surface area (Å²) in [4.78, 5) is 12.7. The Morgan fingerprint density at radius 2 is 1.38 bits per heavy atom. The van der Waals surface area contributed by atoms with Gasteiger partial charge in [0, 0.05) is 12.5 Å². The van der Waals surface area contributed by atoms with E-state index in [1.165, 1.54) is 6.08 Å². The van der Waals surface area contributed by atoms with E-state index in [0.717, 1.165) is 11.3 Å². The third-order valence-corrected chi connectivity index (χ3v) is 26.1. The average Bonchev–Trinajstić information content (AvgIpc) is 3.40. The van der Waals surface area contributed by atoms with Crippen molar-refractivity contribution >= 4 is 30.9 Å². The minimum absolute atomic E-state index is 0.0317. The molecule has 6 atom stereocenters. The summed E-state index contributed by atoms with van der Waals surface area (Å²) in [5.74, 6) is -0.363. The summed E-state index contributed by atoms with van der Waals surface area (Å²) in [5, 5.41) is -0.213. The number of cyclic esters (lactones) is 1. The number of rotatable bonds is 16. The predicted octanol–water partition coefficient (Wildman–Crippen LogP) is 10.7. The number of hydrogen-bond donors (Lipinski definition) is 0. The zero-order valence-corrected chi connectivity index (χ0v) is 40.8. The quantitative estimate of drug-likeness (QED) is 0.0918. The molecule has 0 radical (unpaired) electrons. The van der Waals surface area contributed by atoms with Gasteiger partial charge in [0.05, 0.1) is 38.1 Å². The molecule has 0 aliphatic carbocycles. The number of carbonyl (C=O) groups excluding carboxylic acids is 1. The molecule has 0 N–H and O–H groups in total. The van der Waals surface area contributed by atoms with Crippen LogP contribution >= 0.6 is 0 Å². The van der Waals surface area contributed by atoms with E-state index in [9.17, 15) is 4.79 Å². The molecule has 0 spiro atoms. The fourth-order valence-electron chi connectivity index (χ4n) is 5.80. The first-order chi connectivity index (χ1) is 24.8. The van der Waals surface area contributed by atoms with Crippen molar-refractivity contribution in [1.29, 1.82) is 0 Å². The Hall–Kier alpha value is -1.62. The van der Waals surface area contributed by atoms with Crippen molar-refractivity contribution in [3.8, 4) is 5.75 Å². The number of benzene rings is 1. The van der Waals surface area contributed by atoms with Crippen LogP contribution in [-0.4, -0.2) is 86.5 Å². The normalized spacial score (nSPS) is 23.8. The van der Waals surface area contributed by atoms with Gasteiger partial charge in [-0.15, -0.1) is 0 Å². The summed E-state index contributed by atoms with van der Waals surface area (Å²) in [5.41, 5.74) is 0.0215. The molecule has 1 aromatic carbocycles. The van der Waals surface area contributed by atoms with Crippen LogP contribution in [0.1, 0.15) is 95.1 Å². The van der Waals surface area contributed by atoms with Crippen molar-refractivity contribution in [2.75, 3.05) is 13.7 Å². The summed E-state index contributed by atoms with van der Waals surface area (Å²) in [6.07, 6.45) is 5.48. The highest BCUT2D eigenvalue weighted by Gasteiger charge is 2.52.